The minimum Gasteiger partial charge on any atom is -0.369 e. The second-order valence-corrected chi connectivity index (χ2v) is 8.02. The summed E-state index contributed by atoms with van der Waals surface area (Å²) in [7, 11) is 0. The van der Waals surface area contributed by atoms with E-state index in [1.54, 1.807) is 0 Å². The summed E-state index contributed by atoms with van der Waals surface area (Å²) < 4.78 is 2.01. The van der Waals surface area contributed by atoms with Gasteiger partial charge in [0, 0.05) is 29.8 Å². The molecule has 4 rings (SSSR count). The van der Waals surface area contributed by atoms with Gasteiger partial charge in [0.1, 0.15) is 5.82 Å². The van der Waals surface area contributed by atoms with Crippen molar-refractivity contribution in [3.63, 3.8) is 0 Å². The number of fused-ring (bicyclic) bond motifs is 1. The molecule has 0 fully saturated rings. The maximum atomic E-state index is 5.02. The molecule has 0 atom stereocenters. The molecule has 0 saturated heterocycles. The fourth-order valence-electron chi connectivity index (χ4n) is 3.74. The number of nitrogens with zero attached hydrogens (tertiary/aromatic N) is 3. The van der Waals surface area contributed by atoms with E-state index in [0.717, 1.165) is 46.9 Å². The first-order valence-electron chi connectivity index (χ1n) is 10.3. The van der Waals surface area contributed by atoms with Crippen molar-refractivity contribution < 1.29 is 0 Å². The van der Waals surface area contributed by atoms with Crippen LogP contribution in [0.3, 0.4) is 0 Å². The molecule has 0 bridgehead atoms. The summed E-state index contributed by atoms with van der Waals surface area (Å²) in [6, 6.07) is 21.0. The maximum Gasteiger partial charge on any atom is 0.165 e. The van der Waals surface area contributed by atoms with Crippen molar-refractivity contribution in [3.8, 4) is 11.1 Å². The van der Waals surface area contributed by atoms with Crippen LogP contribution in [0.25, 0.3) is 16.8 Å². The lowest BCUT2D eigenvalue weighted by atomic mass is 10.0. The Bertz CT molecular complexity index is 1110. The van der Waals surface area contributed by atoms with E-state index in [9.17, 15) is 0 Å². The predicted molar refractivity (Wildman–Crippen MR) is 120 cm³/mol. The van der Waals surface area contributed by atoms with Crippen LogP contribution in [-0.2, 0) is 6.42 Å². The predicted octanol–water partition coefficient (Wildman–Crippen LogP) is 5.67. The van der Waals surface area contributed by atoms with Crippen LogP contribution in [0.5, 0.6) is 0 Å². The molecule has 2 aromatic carbocycles. The van der Waals surface area contributed by atoms with Gasteiger partial charge in [-0.1, -0.05) is 74.5 Å². The average molecular weight is 385 g/mol. The number of anilines is 1. The van der Waals surface area contributed by atoms with Gasteiger partial charge >= 0.3 is 0 Å². The third-order valence-electron chi connectivity index (χ3n) is 5.21. The van der Waals surface area contributed by atoms with Gasteiger partial charge in [-0.15, -0.1) is 0 Å². The number of rotatable bonds is 6. The molecule has 148 valence electrons. The Labute approximate surface area is 172 Å². The molecular weight excluding hydrogens is 356 g/mol. The number of benzene rings is 2. The first-order valence-corrected chi connectivity index (χ1v) is 10.3. The molecule has 0 aliphatic rings. The minimum absolute atomic E-state index is 0.536. The van der Waals surface area contributed by atoms with Crippen LogP contribution in [-0.4, -0.2) is 21.1 Å². The Hall–Kier alpha value is -3.14. The molecular formula is C25H28N4. The van der Waals surface area contributed by atoms with Gasteiger partial charge < -0.3 is 5.32 Å². The van der Waals surface area contributed by atoms with E-state index >= 15 is 0 Å². The highest BCUT2D eigenvalue weighted by Gasteiger charge is 2.20. The molecule has 0 amide bonds. The van der Waals surface area contributed by atoms with Gasteiger partial charge in [0.25, 0.3) is 0 Å². The Kier molecular flexibility index (Phi) is 5.34. The smallest absolute Gasteiger partial charge is 0.165 e. The first kappa shape index (κ1) is 19.2. The quantitative estimate of drug-likeness (QED) is 0.465. The number of aromatic nitrogens is 3. The summed E-state index contributed by atoms with van der Waals surface area (Å²) in [5.41, 5.74) is 7.68. The standard InChI is InChI=1S/C25H28N4/c1-17(2)16-26-24-22(15-20-11-7-5-8-12-20)18(3)27-25-23(19(4)28-29(24)25)21-13-9-6-10-14-21/h5-14,17,26H,15-16H2,1-4H3. The van der Waals surface area contributed by atoms with Gasteiger partial charge in [0.05, 0.1) is 5.69 Å². The second-order valence-electron chi connectivity index (χ2n) is 8.02. The minimum atomic E-state index is 0.536. The Balaban J connectivity index is 1.91. The molecule has 2 heterocycles. The average Bonchev–Trinajstić information content (AvgIpc) is 3.04. The van der Waals surface area contributed by atoms with E-state index in [0.29, 0.717) is 5.92 Å². The van der Waals surface area contributed by atoms with Crippen molar-refractivity contribution in [3.05, 3.63) is 83.2 Å². The fourth-order valence-corrected chi connectivity index (χ4v) is 3.74. The highest BCUT2D eigenvalue weighted by molar-refractivity contribution is 5.81. The van der Waals surface area contributed by atoms with Crippen LogP contribution < -0.4 is 5.32 Å². The molecule has 29 heavy (non-hydrogen) atoms. The molecule has 0 spiro atoms. The van der Waals surface area contributed by atoms with Crippen molar-refractivity contribution in [1.29, 1.82) is 0 Å². The van der Waals surface area contributed by atoms with Gasteiger partial charge in [-0.3, -0.25) is 0 Å². The van der Waals surface area contributed by atoms with Crippen LogP contribution in [0.2, 0.25) is 0 Å². The number of nitrogens with one attached hydrogen (secondary N) is 1. The molecule has 0 saturated carbocycles. The molecule has 0 radical (unpaired) electrons. The monoisotopic (exact) mass is 384 g/mol. The van der Waals surface area contributed by atoms with E-state index in [-0.39, 0.29) is 0 Å². The molecule has 4 nitrogen and oxygen atoms in total. The highest BCUT2D eigenvalue weighted by Crippen LogP contribution is 2.32. The third kappa shape index (κ3) is 3.88. The number of hydrogen-bond acceptors (Lipinski definition) is 3. The SMILES string of the molecule is Cc1nc2c(-c3ccccc3)c(C)nn2c(NCC(C)C)c1Cc1ccccc1. The van der Waals surface area contributed by atoms with Crippen LogP contribution in [0, 0.1) is 19.8 Å². The summed E-state index contributed by atoms with van der Waals surface area (Å²) in [4.78, 5) is 5.02. The van der Waals surface area contributed by atoms with Crippen LogP contribution in [0.15, 0.2) is 60.7 Å². The van der Waals surface area contributed by atoms with E-state index in [1.165, 1.54) is 11.1 Å². The van der Waals surface area contributed by atoms with Crippen LogP contribution in [0.1, 0.15) is 36.4 Å². The van der Waals surface area contributed by atoms with Crippen molar-refractivity contribution in [1.82, 2.24) is 14.6 Å². The topological polar surface area (TPSA) is 42.2 Å². The van der Waals surface area contributed by atoms with E-state index < -0.39 is 0 Å². The van der Waals surface area contributed by atoms with Gasteiger partial charge in [0.2, 0.25) is 0 Å². The molecule has 2 aromatic heterocycles. The zero-order valence-corrected chi connectivity index (χ0v) is 17.6. The lowest BCUT2D eigenvalue weighted by molar-refractivity contribution is 0.682. The largest absolute Gasteiger partial charge is 0.369 e. The van der Waals surface area contributed by atoms with Gasteiger partial charge in [-0.05, 0) is 30.9 Å². The zero-order chi connectivity index (χ0) is 20.4. The van der Waals surface area contributed by atoms with Crippen LogP contribution >= 0.6 is 0 Å². The summed E-state index contributed by atoms with van der Waals surface area (Å²) in [5, 5.41) is 8.57. The molecule has 4 heteroatoms. The van der Waals surface area contributed by atoms with E-state index in [1.807, 2.05) is 10.6 Å². The molecule has 4 aromatic rings. The summed E-state index contributed by atoms with van der Waals surface area (Å²) >= 11 is 0. The molecule has 0 aliphatic heterocycles. The van der Waals surface area contributed by atoms with Crippen molar-refractivity contribution >= 4 is 11.5 Å². The fraction of sp³-hybridized carbons (Fsp3) is 0.280. The zero-order valence-electron chi connectivity index (χ0n) is 17.6. The van der Waals surface area contributed by atoms with Crippen molar-refractivity contribution in [2.24, 2.45) is 5.92 Å². The Morgan fingerprint density at radius 1 is 0.897 bits per heavy atom. The summed E-state index contributed by atoms with van der Waals surface area (Å²) in [6.07, 6.45) is 0.829. The van der Waals surface area contributed by atoms with Crippen molar-refractivity contribution in [2.75, 3.05) is 11.9 Å². The van der Waals surface area contributed by atoms with E-state index in [4.69, 9.17) is 10.1 Å². The Morgan fingerprint density at radius 3 is 2.21 bits per heavy atom. The summed E-state index contributed by atoms with van der Waals surface area (Å²) in [5.74, 6) is 1.59. The lowest BCUT2D eigenvalue weighted by Crippen LogP contribution is -2.15. The third-order valence-corrected chi connectivity index (χ3v) is 5.21. The van der Waals surface area contributed by atoms with Crippen LogP contribution in [0.4, 0.5) is 5.82 Å². The van der Waals surface area contributed by atoms with Gasteiger partial charge in [-0.25, -0.2) is 4.98 Å². The first-order chi connectivity index (χ1) is 14.0. The Morgan fingerprint density at radius 2 is 1.55 bits per heavy atom. The second kappa shape index (κ2) is 8.08. The summed E-state index contributed by atoms with van der Waals surface area (Å²) in [6.45, 7) is 9.50. The number of hydrogen-bond donors (Lipinski definition) is 1. The normalized spacial score (nSPS) is 11.3. The van der Waals surface area contributed by atoms with E-state index in [2.05, 4.69) is 87.6 Å². The molecule has 0 unspecified atom stereocenters. The number of aryl methyl sites for hydroxylation is 2. The lowest BCUT2D eigenvalue weighted by Gasteiger charge is -2.17. The van der Waals surface area contributed by atoms with Gasteiger partial charge in [-0.2, -0.15) is 9.61 Å². The van der Waals surface area contributed by atoms with Gasteiger partial charge in [0.15, 0.2) is 5.65 Å². The van der Waals surface area contributed by atoms with Crippen molar-refractivity contribution in [2.45, 2.75) is 34.1 Å². The molecule has 0 aliphatic carbocycles. The molecule has 1 N–H and O–H groups in total. The maximum absolute atomic E-state index is 5.02. The highest BCUT2D eigenvalue weighted by atomic mass is 15.3.